The van der Waals surface area contributed by atoms with Gasteiger partial charge in [-0.25, -0.2) is 0 Å². The molecule has 7 heteroatoms. The van der Waals surface area contributed by atoms with Crippen molar-refractivity contribution in [2.75, 3.05) is 6.61 Å². The predicted molar refractivity (Wildman–Crippen MR) is 88.7 cm³/mol. The van der Waals surface area contributed by atoms with E-state index in [0.717, 1.165) is 6.04 Å². The number of nitrogens with two attached hydrogens (primary N) is 1. The van der Waals surface area contributed by atoms with Crippen LogP contribution in [0.3, 0.4) is 0 Å². The van der Waals surface area contributed by atoms with Crippen LogP contribution in [0.2, 0.25) is 25.7 Å². The summed E-state index contributed by atoms with van der Waals surface area (Å²) in [4.78, 5) is 22.8. The number of carboxylic acids is 1. The number of esters is 1. The van der Waals surface area contributed by atoms with E-state index < -0.39 is 20.1 Å². The molecule has 1 aliphatic rings. The SMILES string of the molecule is C[Si](C)(C)CCOC(=O)C(N)[C@H]1CC[C@H](C(=O)O)CC1.[CaH2]. The maximum absolute atomic E-state index is 11.9. The molecular formula is C14H29CaNO4Si. The van der Waals surface area contributed by atoms with Crippen molar-refractivity contribution in [1.82, 2.24) is 0 Å². The normalized spacial score (nSPS) is 23.8. The van der Waals surface area contributed by atoms with Gasteiger partial charge in [0.1, 0.15) is 6.04 Å². The molecule has 0 aromatic heterocycles. The third-order valence-corrected chi connectivity index (χ3v) is 5.70. The molecule has 1 atom stereocenters. The molecule has 0 aliphatic heterocycles. The predicted octanol–water partition coefficient (Wildman–Crippen LogP) is 1.17. The van der Waals surface area contributed by atoms with Crippen LogP contribution >= 0.6 is 0 Å². The molecule has 1 fully saturated rings. The fraction of sp³-hybridized carbons (Fsp3) is 0.857. The first-order valence-electron chi connectivity index (χ1n) is 7.36. The second-order valence-electron chi connectivity index (χ2n) is 6.95. The second kappa shape index (κ2) is 9.50. The number of carboxylic acid groups (broad SMARTS) is 1. The van der Waals surface area contributed by atoms with Crippen LogP contribution in [-0.4, -0.2) is 75.5 Å². The summed E-state index contributed by atoms with van der Waals surface area (Å²) in [5.41, 5.74) is 5.95. The van der Waals surface area contributed by atoms with Crippen molar-refractivity contribution in [2.24, 2.45) is 17.6 Å². The van der Waals surface area contributed by atoms with Gasteiger partial charge in [-0.15, -0.1) is 0 Å². The van der Waals surface area contributed by atoms with Crippen LogP contribution in [0, 0.1) is 11.8 Å². The topological polar surface area (TPSA) is 89.6 Å². The molecule has 1 aliphatic carbocycles. The number of ether oxygens (including phenoxy) is 1. The summed E-state index contributed by atoms with van der Waals surface area (Å²) in [6, 6.07) is 0.336. The summed E-state index contributed by atoms with van der Waals surface area (Å²) in [5, 5.41) is 8.95. The van der Waals surface area contributed by atoms with Crippen LogP contribution in [0.4, 0.5) is 0 Å². The van der Waals surface area contributed by atoms with Crippen molar-refractivity contribution in [3.8, 4) is 0 Å². The number of hydrogen-bond donors (Lipinski definition) is 2. The van der Waals surface area contributed by atoms with Gasteiger partial charge < -0.3 is 15.6 Å². The maximum atomic E-state index is 11.9. The summed E-state index contributed by atoms with van der Waals surface area (Å²) in [6.07, 6.45) is 2.61. The fourth-order valence-corrected chi connectivity index (χ4v) is 3.19. The van der Waals surface area contributed by atoms with Gasteiger partial charge in [0.2, 0.25) is 0 Å². The molecule has 0 radical (unpaired) electrons. The average molecular weight is 344 g/mol. The van der Waals surface area contributed by atoms with E-state index in [1.54, 1.807) is 0 Å². The van der Waals surface area contributed by atoms with Crippen molar-refractivity contribution in [3.63, 3.8) is 0 Å². The van der Waals surface area contributed by atoms with E-state index in [0.29, 0.717) is 32.3 Å². The first-order valence-corrected chi connectivity index (χ1v) is 11.1. The van der Waals surface area contributed by atoms with Crippen molar-refractivity contribution >= 4 is 57.8 Å². The number of hydrogen-bond acceptors (Lipinski definition) is 4. The number of carbonyl (C=O) groups excluding carboxylic acids is 1. The quantitative estimate of drug-likeness (QED) is 0.558. The zero-order chi connectivity index (χ0) is 15.3. The molecule has 0 spiro atoms. The molecule has 0 aromatic rings. The summed E-state index contributed by atoms with van der Waals surface area (Å²) in [5.74, 6) is -1.29. The van der Waals surface area contributed by atoms with Crippen LogP contribution in [0.15, 0.2) is 0 Å². The molecule has 0 saturated heterocycles. The molecule has 120 valence electrons. The van der Waals surface area contributed by atoms with E-state index in [4.69, 9.17) is 15.6 Å². The van der Waals surface area contributed by atoms with E-state index in [1.165, 1.54) is 0 Å². The third kappa shape index (κ3) is 7.97. The third-order valence-electron chi connectivity index (χ3n) is 4.00. The summed E-state index contributed by atoms with van der Waals surface area (Å²) < 4.78 is 5.26. The molecular weight excluding hydrogens is 314 g/mol. The van der Waals surface area contributed by atoms with Gasteiger partial charge in [0.15, 0.2) is 0 Å². The Kier molecular flexibility index (Phi) is 9.67. The Morgan fingerprint density at radius 3 is 2.19 bits per heavy atom. The molecule has 3 N–H and O–H groups in total. The van der Waals surface area contributed by atoms with Gasteiger partial charge in [0, 0.05) is 8.07 Å². The van der Waals surface area contributed by atoms with Crippen LogP contribution in [0.1, 0.15) is 25.7 Å². The number of carbonyl (C=O) groups is 2. The van der Waals surface area contributed by atoms with E-state index in [-0.39, 0.29) is 55.5 Å². The minimum absolute atomic E-state index is 0. The van der Waals surface area contributed by atoms with Crippen LogP contribution < -0.4 is 5.73 Å². The Morgan fingerprint density at radius 2 is 1.76 bits per heavy atom. The first-order chi connectivity index (χ1) is 9.20. The molecule has 0 bridgehead atoms. The van der Waals surface area contributed by atoms with Crippen LogP contribution in [0.5, 0.6) is 0 Å². The summed E-state index contributed by atoms with van der Waals surface area (Å²) >= 11 is 0. The van der Waals surface area contributed by atoms with Crippen LogP contribution in [0.25, 0.3) is 0 Å². The molecule has 0 aromatic carbocycles. The van der Waals surface area contributed by atoms with Gasteiger partial charge in [0.25, 0.3) is 0 Å². The average Bonchev–Trinajstić information content (AvgIpc) is 2.36. The van der Waals surface area contributed by atoms with Gasteiger partial charge in [0.05, 0.1) is 12.5 Å². The zero-order valence-electron chi connectivity index (χ0n) is 12.7. The van der Waals surface area contributed by atoms with Gasteiger partial charge >= 0.3 is 49.7 Å². The van der Waals surface area contributed by atoms with Crippen LogP contribution in [-0.2, 0) is 14.3 Å². The Labute approximate surface area is 158 Å². The second-order valence-corrected chi connectivity index (χ2v) is 12.6. The van der Waals surface area contributed by atoms with Crippen molar-refractivity contribution in [3.05, 3.63) is 0 Å². The molecule has 1 unspecified atom stereocenters. The van der Waals surface area contributed by atoms with Gasteiger partial charge in [-0.05, 0) is 37.6 Å². The Morgan fingerprint density at radius 1 is 1.24 bits per heavy atom. The van der Waals surface area contributed by atoms with E-state index >= 15 is 0 Å². The molecule has 1 saturated carbocycles. The Balaban J connectivity index is 0.00000400. The Hall–Kier alpha value is 0.377. The molecule has 0 heterocycles. The van der Waals surface area contributed by atoms with Gasteiger partial charge in [-0.1, -0.05) is 19.6 Å². The molecule has 21 heavy (non-hydrogen) atoms. The number of aliphatic carboxylic acids is 1. The monoisotopic (exact) mass is 343 g/mol. The zero-order valence-corrected chi connectivity index (χ0v) is 13.7. The van der Waals surface area contributed by atoms with Crippen molar-refractivity contribution in [1.29, 1.82) is 0 Å². The standard InChI is InChI=1S/C14H27NO4Si.Ca.2H/c1-20(2,3)9-8-19-14(18)12(15)10-4-6-11(7-5-10)13(16)17;;;/h10-12H,4-9,15H2,1-3H3,(H,16,17);;;/t10-,11-,12?;;;. The minimum atomic E-state index is -1.20. The Bertz CT molecular complexity index is 351. The summed E-state index contributed by atoms with van der Waals surface area (Å²) in [6.45, 7) is 7.14. The van der Waals surface area contributed by atoms with Crippen molar-refractivity contribution in [2.45, 2.75) is 57.4 Å². The molecule has 5 nitrogen and oxygen atoms in total. The molecule has 1 rings (SSSR count). The van der Waals surface area contributed by atoms with Crippen molar-refractivity contribution < 1.29 is 19.4 Å². The summed E-state index contributed by atoms with van der Waals surface area (Å²) in [7, 11) is -1.20. The number of rotatable bonds is 6. The van der Waals surface area contributed by atoms with E-state index in [9.17, 15) is 9.59 Å². The van der Waals surface area contributed by atoms with Gasteiger partial charge in [-0.3, -0.25) is 9.59 Å². The van der Waals surface area contributed by atoms with E-state index in [2.05, 4.69) is 19.6 Å². The molecule has 0 amide bonds. The van der Waals surface area contributed by atoms with E-state index in [1.807, 2.05) is 0 Å². The first kappa shape index (κ1) is 21.4. The fourth-order valence-electron chi connectivity index (χ4n) is 2.47. The van der Waals surface area contributed by atoms with Gasteiger partial charge in [-0.2, -0.15) is 0 Å².